The van der Waals surface area contributed by atoms with E-state index in [0.29, 0.717) is 0 Å². The van der Waals surface area contributed by atoms with Crippen molar-refractivity contribution in [1.82, 2.24) is 0 Å². The minimum absolute atomic E-state index is 0. The van der Waals surface area contributed by atoms with E-state index >= 15 is 0 Å². The SMILES string of the molecule is Cl.Cl.O=C([O-])CC(O)(CC(=O)[O-])C(=O)[O-].[Na+].[Na+].[Na+]. The summed E-state index contributed by atoms with van der Waals surface area (Å²) in [6.45, 7) is 0. The molecule has 0 atom stereocenters. The Morgan fingerprint density at radius 3 is 1.17 bits per heavy atom. The van der Waals surface area contributed by atoms with Crippen molar-refractivity contribution in [3.05, 3.63) is 0 Å². The number of halogens is 2. The predicted octanol–water partition coefficient (Wildman–Crippen LogP) is -13.4. The first-order chi connectivity index (χ1) is 5.78. The summed E-state index contributed by atoms with van der Waals surface area (Å²) in [6.07, 6.45) is -2.72. The van der Waals surface area contributed by atoms with Crippen LogP contribution in [-0.4, -0.2) is 28.6 Å². The molecule has 90 valence electrons. The van der Waals surface area contributed by atoms with Gasteiger partial charge < -0.3 is 34.8 Å². The number of aliphatic carboxylic acids is 3. The van der Waals surface area contributed by atoms with Crippen LogP contribution < -0.4 is 104 Å². The van der Waals surface area contributed by atoms with Gasteiger partial charge in [0, 0.05) is 24.8 Å². The van der Waals surface area contributed by atoms with Crippen LogP contribution in [0, 0.1) is 0 Å². The average Bonchev–Trinajstić information content (AvgIpc) is 1.82. The van der Waals surface area contributed by atoms with Gasteiger partial charge in [-0.2, -0.15) is 0 Å². The van der Waals surface area contributed by atoms with Gasteiger partial charge in [0.2, 0.25) is 0 Å². The smallest absolute Gasteiger partial charge is 0.550 e. The van der Waals surface area contributed by atoms with Gasteiger partial charge in [-0.05, 0) is 0 Å². The van der Waals surface area contributed by atoms with Crippen LogP contribution in [0.2, 0.25) is 0 Å². The molecule has 0 bridgehead atoms. The van der Waals surface area contributed by atoms with Crippen molar-refractivity contribution in [3.8, 4) is 0 Å². The number of rotatable bonds is 5. The van der Waals surface area contributed by atoms with Crippen LogP contribution in [0.25, 0.3) is 0 Å². The van der Waals surface area contributed by atoms with Gasteiger partial charge in [0.25, 0.3) is 0 Å². The number of aliphatic hydroxyl groups is 1. The normalized spacial score (nSPS) is 7.83. The number of carboxylic acid groups (broad SMARTS) is 3. The summed E-state index contributed by atoms with van der Waals surface area (Å²) in [6, 6.07) is 0. The second-order valence-corrected chi connectivity index (χ2v) is 2.42. The Labute approximate surface area is 182 Å². The van der Waals surface area contributed by atoms with Crippen LogP contribution in [0.15, 0.2) is 0 Å². The van der Waals surface area contributed by atoms with E-state index in [1.54, 1.807) is 0 Å². The largest absolute Gasteiger partial charge is 1.00 e. The molecule has 1 N–H and O–H groups in total. The summed E-state index contributed by atoms with van der Waals surface area (Å²) in [5.74, 6) is -5.98. The second-order valence-electron chi connectivity index (χ2n) is 2.42. The van der Waals surface area contributed by atoms with Gasteiger partial charge >= 0.3 is 88.7 Å². The first-order valence-corrected chi connectivity index (χ1v) is 3.11. The van der Waals surface area contributed by atoms with Gasteiger partial charge in [-0.3, -0.25) is 0 Å². The third kappa shape index (κ3) is 16.0. The monoisotopic (exact) mass is 330 g/mol. The maximum atomic E-state index is 10.1. The van der Waals surface area contributed by atoms with Gasteiger partial charge in [-0.15, -0.1) is 24.8 Å². The Hall–Kier alpha value is 1.95. The fraction of sp³-hybridized carbons (Fsp3) is 0.500. The number of carboxylic acids is 3. The molecule has 0 rings (SSSR count). The topological polar surface area (TPSA) is 141 Å². The molecule has 7 nitrogen and oxygen atoms in total. The average molecular weight is 331 g/mol. The summed E-state index contributed by atoms with van der Waals surface area (Å²) in [5, 5.41) is 38.9. The number of carbonyl (C=O) groups excluding carboxylic acids is 3. The van der Waals surface area contributed by atoms with E-state index in [0.717, 1.165) is 0 Å². The van der Waals surface area contributed by atoms with E-state index in [1.807, 2.05) is 0 Å². The van der Waals surface area contributed by atoms with E-state index in [2.05, 4.69) is 0 Å². The molecule has 0 aliphatic rings. The molecular weight excluding hydrogens is 324 g/mol. The molecule has 0 fully saturated rings. The molecule has 0 amide bonds. The zero-order chi connectivity index (χ0) is 10.6. The van der Waals surface area contributed by atoms with Crippen LogP contribution in [0.4, 0.5) is 0 Å². The van der Waals surface area contributed by atoms with E-state index in [-0.39, 0.29) is 113 Å². The first kappa shape index (κ1) is 36.8. The molecule has 18 heavy (non-hydrogen) atoms. The Balaban J connectivity index is -0.0000000720. The molecule has 12 heteroatoms. The van der Waals surface area contributed by atoms with Crippen molar-refractivity contribution < 1.29 is 123 Å². The van der Waals surface area contributed by atoms with Crippen LogP contribution in [0.3, 0.4) is 0 Å². The molecule has 0 aromatic carbocycles. The van der Waals surface area contributed by atoms with E-state index in [9.17, 15) is 29.7 Å². The van der Waals surface area contributed by atoms with Crippen molar-refractivity contribution in [1.29, 1.82) is 0 Å². The molecule has 0 unspecified atom stereocenters. The minimum Gasteiger partial charge on any atom is -0.550 e. The number of hydrogen-bond acceptors (Lipinski definition) is 7. The standard InChI is InChI=1S/C6H8O7.2ClH.3Na/c7-3(8)1-6(13,5(11)12)2-4(9)10;;;;;/h13H,1-2H2,(H,7,8)(H,9,10)(H,11,12);2*1H;;;/q;;;3*+1/p-3. The van der Waals surface area contributed by atoms with Crippen molar-refractivity contribution >= 4 is 42.7 Å². The molecule has 0 spiro atoms. The van der Waals surface area contributed by atoms with Gasteiger partial charge in [0.1, 0.15) is 5.60 Å². The Morgan fingerprint density at radius 1 is 0.833 bits per heavy atom. The summed E-state index contributed by atoms with van der Waals surface area (Å²) >= 11 is 0. The van der Waals surface area contributed by atoms with Gasteiger partial charge in [0.05, 0.1) is 5.97 Å². The van der Waals surface area contributed by atoms with Crippen LogP contribution in [0.5, 0.6) is 0 Å². The quantitative estimate of drug-likeness (QED) is 0.493. The molecule has 0 heterocycles. The van der Waals surface area contributed by atoms with E-state index in [4.69, 9.17) is 5.11 Å². The van der Waals surface area contributed by atoms with Crippen molar-refractivity contribution in [2.24, 2.45) is 0 Å². The first-order valence-electron chi connectivity index (χ1n) is 3.11. The molecule has 0 aromatic rings. The van der Waals surface area contributed by atoms with Gasteiger partial charge in [-0.25, -0.2) is 0 Å². The van der Waals surface area contributed by atoms with Gasteiger partial charge in [0.15, 0.2) is 0 Å². The fourth-order valence-electron chi connectivity index (χ4n) is 0.684. The minimum atomic E-state index is -2.97. The summed E-state index contributed by atoms with van der Waals surface area (Å²) in [4.78, 5) is 30.0. The Morgan fingerprint density at radius 2 is 1.06 bits per heavy atom. The summed E-state index contributed by atoms with van der Waals surface area (Å²) < 4.78 is 0. The predicted molar refractivity (Wildman–Crippen MR) is 43.7 cm³/mol. The molecule has 0 radical (unpaired) electrons. The van der Waals surface area contributed by atoms with Crippen molar-refractivity contribution in [2.75, 3.05) is 0 Å². The summed E-state index contributed by atoms with van der Waals surface area (Å²) in [7, 11) is 0. The van der Waals surface area contributed by atoms with Crippen LogP contribution in [0.1, 0.15) is 12.8 Å². The van der Waals surface area contributed by atoms with Crippen molar-refractivity contribution in [3.63, 3.8) is 0 Å². The Bertz CT molecular complexity index is 248. The molecule has 0 saturated carbocycles. The molecular formula is C6H7Cl2Na3O7. The molecule has 0 saturated heterocycles. The summed E-state index contributed by atoms with van der Waals surface area (Å²) in [5.41, 5.74) is -2.97. The molecule has 0 aliphatic carbocycles. The van der Waals surface area contributed by atoms with E-state index in [1.165, 1.54) is 0 Å². The molecule has 0 aromatic heterocycles. The zero-order valence-electron chi connectivity index (χ0n) is 10.1. The third-order valence-electron chi connectivity index (χ3n) is 1.25. The molecule has 0 aliphatic heterocycles. The van der Waals surface area contributed by atoms with Crippen molar-refractivity contribution in [2.45, 2.75) is 18.4 Å². The number of hydrogen-bond donors (Lipinski definition) is 1. The van der Waals surface area contributed by atoms with Crippen LogP contribution >= 0.6 is 24.8 Å². The van der Waals surface area contributed by atoms with Gasteiger partial charge in [-0.1, -0.05) is 0 Å². The second kappa shape index (κ2) is 17.0. The van der Waals surface area contributed by atoms with Crippen LogP contribution in [-0.2, 0) is 14.4 Å². The van der Waals surface area contributed by atoms with E-state index < -0.39 is 36.4 Å². The third-order valence-corrected chi connectivity index (χ3v) is 1.25. The number of carbonyl (C=O) groups is 3. The maximum Gasteiger partial charge on any atom is 1.00 e. The zero-order valence-corrected chi connectivity index (χ0v) is 17.8. The maximum absolute atomic E-state index is 10.1. The fourth-order valence-corrected chi connectivity index (χ4v) is 0.684. The Kier molecular flexibility index (Phi) is 34.8.